The summed E-state index contributed by atoms with van der Waals surface area (Å²) in [7, 11) is 2.17. The van der Waals surface area contributed by atoms with Gasteiger partial charge in [0.15, 0.2) is 0 Å². The molecule has 0 bridgehead atoms. The Morgan fingerprint density at radius 1 is 1.08 bits per heavy atom. The summed E-state index contributed by atoms with van der Waals surface area (Å²) >= 11 is 0. The van der Waals surface area contributed by atoms with Crippen LogP contribution in [0.4, 0.5) is 10.5 Å². The largest absolute Gasteiger partial charge is 0.444 e. The topological polar surface area (TPSA) is 69.2 Å². The zero-order valence-electron chi connectivity index (χ0n) is 24.2. The number of fused-ring (bicyclic) bond motifs is 2. The Labute approximate surface area is 232 Å². The van der Waals surface area contributed by atoms with Crippen molar-refractivity contribution in [2.45, 2.75) is 77.6 Å². The molecule has 2 aromatic rings. The third kappa shape index (κ3) is 6.06. The van der Waals surface area contributed by atoms with E-state index in [2.05, 4.69) is 41.1 Å². The summed E-state index contributed by atoms with van der Waals surface area (Å²) in [6.45, 7) is 11.8. The maximum atomic E-state index is 13.5. The molecule has 1 aromatic heterocycles. The van der Waals surface area contributed by atoms with E-state index < -0.39 is 5.60 Å². The van der Waals surface area contributed by atoms with Crippen molar-refractivity contribution < 1.29 is 14.3 Å². The van der Waals surface area contributed by atoms with Gasteiger partial charge in [-0.1, -0.05) is 18.2 Å². The highest BCUT2D eigenvalue weighted by molar-refractivity contribution is 5.74. The van der Waals surface area contributed by atoms with Crippen LogP contribution in [-0.4, -0.2) is 83.1 Å². The van der Waals surface area contributed by atoms with Crippen LogP contribution >= 0.6 is 0 Å². The molecule has 3 aliphatic rings. The van der Waals surface area contributed by atoms with Crippen LogP contribution in [0.3, 0.4) is 0 Å². The Morgan fingerprint density at radius 2 is 1.82 bits per heavy atom. The number of aryl methyl sites for hydroxylation is 1. The number of hydrogen-bond donors (Lipinski definition) is 0. The Morgan fingerprint density at radius 3 is 2.54 bits per heavy atom. The lowest BCUT2D eigenvalue weighted by molar-refractivity contribution is -0.129. The van der Waals surface area contributed by atoms with Gasteiger partial charge in [-0.15, -0.1) is 0 Å². The molecule has 1 saturated heterocycles. The third-order valence-electron chi connectivity index (χ3n) is 8.36. The summed E-state index contributed by atoms with van der Waals surface area (Å²) in [5.74, 6) is 0.139. The smallest absolute Gasteiger partial charge is 0.410 e. The van der Waals surface area contributed by atoms with Gasteiger partial charge in [-0.05, 0) is 82.3 Å². The van der Waals surface area contributed by atoms with E-state index in [-0.39, 0.29) is 24.1 Å². The molecule has 0 unspecified atom stereocenters. The van der Waals surface area contributed by atoms with Gasteiger partial charge in [-0.25, -0.2) is 4.79 Å². The normalized spacial score (nSPS) is 21.4. The number of benzene rings is 1. The van der Waals surface area contributed by atoms with Crippen LogP contribution in [0, 0.1) is 0 Å². The third-order valence-corrected chi connectivity index (χ3v) is 8.36. The van der Waals surface area contributed by atoms with Gasteiger partial charge < -0.3 is 14.5 Å². The standard InChI is InChI=1S/C31H43N5O3/c1-22(37)34-15-17-35(18-16-34)27-12-7-10-24-20-36(30(38)39-31(2,3)4)25(19-26(24)27)21-33(5)28-13-6-9-23-11-8-14-32-29(23)28/h7-8,10-12,14,25,28H,6,9,13,15-21H2,1-5H3/t25-,28+/m1/s1. The van der Waals surface area contributed by atoms with E-state index in [0.29, 0.717) is 6.54 Å². The fourth-order valence-electron chi connectivity index (χ4n) is 6.39. The number of rotatable bonds is 4. The summed E-state index contributed by atoms with van der Waals surface area (Å²) in [4.78, 5) is 38.8. The lowest BCUT2D eigenvalue weighted by Crippen LogP contribution is -2.52. The van der Waals surface area contributed by atoms with Gasteiger partial charge in [-0.2, -0.15) is 0 Å². The molecule has 1 aromatic carbocycles. The van der Waals surface area contributed by atoms with Crippen LogP contribution in [0.15, 0.2) is 36.5 Å². The molecule has 0 saturated carbocycles. The summed E-state index contributed by atoms with van der Waals surface area (Å²) in [5, 5.41) is 0. The van der Waals surface area contributed by atoms with E-state index in [4.69, 9.17) is 9.72 Å². The van der Waals surface area contributed by atoms with Crippen molar-refractivity contribution >= 4 is 17.7 Å². The second kappa shape index (κ2) is 11.2. The summed E-state index contributed by atoms with van der Waals surface area (Å²) < 4.78 is 5.89. The molecule has 1 fully saturated rings. The van der Waals surface area contributed by atoms with Crippen molar-refractivity contribution in [2.24, 2.45) is 0 Å². The van der Waals surface area contributed by atoms with Crippen molar-refractivity contribution in [3.8, 4) is 0 Å². The highest BCUT2D eigenvalue weighted by Gasteiger charge is 2.37. The molecule has 0 N–H and O–H groups in total. The van der Waals surface area contributed by atoms with E-state index in [0.717, 1.165) is 58.4 Å². The van der Waals surface area contributed by atoms with Gasteiger partial charge in [0.05, 0.1) is 17.8 Å². The number of pyridine rings is 1. The number of hydrogen-bond acceptors (Lipinski definition) is 6. The van der Waals surface area contributed by atoms with Gasteiger partial charge in [-0.3, -0.25) is 19.6 Å². The molecule has 8 heteroatoms. The number of ether oxygens (including phenoxy) is 1. The number of piperazine rings is 1. The molecular weight excluding hydrogens is 490 g/mol. The lowest BCUT2D eigenvalue weighted by Gasteiger charge is -2.43. The maximum absolute atomic E-state index is 13.5. The Balaban J connectivity index is 1.41. The number of carbonyl (C=O) groups excluding carboxylic acids is 2. The minimum Gasteiger partial charge on any atom is -0.444 e. The quantitative estimate of drug-likeness (QED) is 0.580. The van der Waals surface area contributed by atoms with Crippen molar-refractivity contribution in [2.75, 3.05) is 44.7 Å². The molecule has 8 nitrogen and oxygen atoms in total. The number of anilines is 1. The Kier molecular flexibility index (Phi) is 7.85. The van der Waals surface area contributed by atoms with Gasteiger partial charge >= 0.3 is 6.09 Å². The molecule has 2 amide bonds. The molecule has 2 aliphatic heterocycles. The first-order valence-electron chi connectivity index (χ1n) is 14.4. The first-order chi connectivity index (χ1) is 18.6. The van der Waals surface area contributed by atoms with E-state index in [1.807, 2.05) is 42.8 Å². The minimum absolute atomic E-state index is 0.0221. The van der Waals surface area contributed by atoms with E-state index in [1.165, 1.54) is 28.1 Å². The average molecular weight is 534 g/mol. The predicted octanol–water partition coefficient (Wildman–Crippen LogP) is 4.42. The number of amides is 2. The van der Waals surface area contributed by atoms with Crippen LogP contribution in [0.25, 0.3) is 0 Å². The number of aromatic nitrogens is 1. The molecule has 0 radical (unpaired) electrons. The van der Waals surface area contributed by atoms with E-state index in [1.54, 1.807) is 6.92 Å². The fourth-order valence-corrected chi connectivity index (χ4v) is 6.39. The lowest BCUT2D eigenvalue weighted by atomic mass is 9.89. The van der Waals surface area contributed by atoms with Crippen molar-refractivity contribution in [1.82, 2.24) is 19.7 Å². The first-order valence-corrected chi connectivity index (χ1v) is 14.4. The zero-order chi connectivity index (χ0) is 27.7. The molecule has 3 heterocycles. The maximum Gasteiger partial charge on any atom is 0.410 e. The van der Waals surface area contributed by atoms with E-state index >= 15 is 0 Å². The SMILES string of the molecule is CC(=O)N1CCN(c2cccc3c2C[C@H](CN(C)[C@H]2CCCc4cccnc42)N(C(=O)OC(C)(C)C)C3)CC1. The monoisotopic (exact) mass is 533 g/mol. The second-order valence-corrected chi connectivity index (χ2v) is 12.3. The summed E-state index contributed by atoms with van der Waals surface area (Å²) in [6.07, 6.45) is 5.70. The number of nitrogens with zero attached hydrogens (tertiary/aromatic N) is 5. The van der Waals surface area contributed by atoms with Gasteiger partial charge in [0.2, 0.25) is 5.91 Å². The predicted molar refractivity (Wildman–Crippen MR) is 153 cm³/mol. The number of likely N-dealkylation sites (N-methyl/N-ethyl adjacent to an activating group) is 1. The van der Waals surface area contributed by atoms with Gasteiger partial charge in [0, 0.05) is 58.1 Å². The summed E-state index contributed by atoms with van der Waals surface area (Å²) in [6, 6.07) is 10.9. The Bertz CT molecular complexity index is 1200. The van der Waals surface area contributed by atoms with Crippen LogP contribution in [0.5, 0.6) is 0 Å². The summed E-state index contributed by atoms with van der Waals surface area (Å²) in [5.41, 5.74) is 5.68. The Hall–Kier alpha value is -3.13. The molecule has 39 heavy (non-hydrogen) atoms. The molecule has 0 spiro atoms. The van der Waals surface area contributed by atoms with Crippen molar-refractivity contribution in [3.63, 3.8) is 0 Å². The minimum atomic E-state index is -0.557. The average Bonchev–Trinajstić information content (AvgIpc) is 2.91. The molecule has 5 rings (SSSR count). The van der Waals surface area contributed by atoms with Crippen molar-refractivity contribution in [3.05, 3.63) is 58.9 Å². The van der Waals surface area contributed by atoms with E-state index in [9.17, 15) is 9.59 Å². The second-order valence-electron chi connectivity index (χ2n) is 12.3. The van der Waals surface area contributed by atoms with Crippen LogP contribution in [-0.2, 0) is 28.9 Å². The highest BCUT2D eigenvalue weighted by Crippen LogP contribution is 2.36. The highest BCUT2D eigenvalue weighted by atomic mass is 16.6. The van der Waals surface area contributed by atoms with Crippen LogP contribution in [0.1, 0.15) is 69.0 Å². The van der Waals surface area contributed by atoms with Gasteiger partial charge in [0.25, 0.3) is 0 Å². The molecule has 1 aliphatic carbocycles. The molecule has 210 valence electrons. The van der Waals surface area contributed by atoms with Crippen molar-refractivity contribution in [1.29, 1.82) is 0 Å². The molecular formula is C31H43N5O3. The number of carbonyl (C=O) groups is 2. The molecule has 2 atom stereocenters. The van der Waals surface area contributed by atoms with Gasteiger partial charge in [0.1, 0.15) is 5.60 Å². The van der Waals surface area contributed by atoms with Crippen LogP contribution < -0.4 is 4.90 Å². The fraction of sp³-hybridized carbons (Fsp3) is 0.581. The van der Waals surface area contributed by atoms with Crippen LogP contribution in [0.2, 0.25) is 0 Å². The zero-order valence-corrected chi connectivity index (χ0v) is 24.2. The first kappa shape index (κ1) is 27.4.